The number of aryl methyl sites for hydroxylation is 1. The maximum Gasteiger partial charge on any atom is 0.267 e. The molecule has 2 rings (SSSR count). The van der Waals surface area contributed by atoms with E-state index < -0.39 is 0 Å². The molecule has 5 nitrogen and oxygen atoms in total. The smallest absolute Gasteiger partial charge is 0.267 e. The molecule has 2 N–H and O–H groups in total. The van der Waals surface area contributed by atoms with Gasteiger partial charge < -0.3 is 15.4 Å². The van der Waals surface area contributed by atoms with Crippen molar-refractivity contribution in [3.05, 3.63) is 63.5 Å². The van der Waals surface area contributed by atoms with E-state index in [0.717, 1.165) is 10.4 Å². The van der Waals surface area contributed by atoms with Crippen molar-refractivity contribution in [2.75, 3.05) is 20.3 Å². The predicted octanol–water partition coefficient (Wildman–Crippen LogP) is 2.59. The van der Waals surface area contributed by atoms with Crippen molar-refractivity contribution < 1.29 is 14.3 Å². The Labute approximate surface area is 145 Å². The molecule has 0 radical (unpaired) electrons. The molecule has 0 bridgehead atoms. The minimum atomic E-state index is -0.345. The van der Waals surface area contributed by atoms with Gasteiger partial charge in [0, 0.05) is 24.1 Å². The highest BCUT2D eigenvalue weighted by molar-refractivity contribution is 7.10. The fraction of sp³-hybridized carbons (Fsp3) is 0.222. The zero-order valence-corrected chi connectivity index (χ0v) is 14.5. The lowest BCUT2D eigenvalue weighted by Gasteiger charge is -2.11. The summed E-state index contributed by atoms with van der Waals surface area (Å²) in [5, 5.41) is 7.35. The number of benzene rings is 1. The molecule has 2 aromatic rings. The number of amides is 2. The Hall–Kier alpha value is -2.44. The van der Waals surface area contributed by atoms with Crippen LogP contribution in [-0.2, 0) is 9.53 Å². The molecule has 0 aliphatic rings. The normalized spacial score (nSPS) is 11.2. The van der Waals surface area contributed by atoms with Crippen LogP contribution in [0.15, 0.2) is 47.5 Å². The summed E-state index contributed by atoms with van der Waals surface area (Å²) in [5.41, 5.74) is 1.60. The van der Waals surface area contributed by atoms with E-state index in [1.807, 2.05) is 36.6 Å². The molecule has 24 heavy (non-hydrogen) atoms. The molecule has 0 aliphatic heterocycles. The summed E-state index contributed by atoms with van der Waals surface area (Å²) in [4.78, 5) is 25.7. The topological polar surface area (TPSA) is 67.4 Å². The van der Waals surface area contributed by atoms with Gasteiger partial charge in [0.25, 0.3) is 11.8 Å². The van der Waals surface area contributed by atoms with Crippen LogP contribution in [0.4, 0.5) is 0 Å². The molecule has 6 heteroatoms. The first-order chi connectivity index (χ1) is 11.6. The highest BCUT2D eigenvalue weighted by Gasteiger charge is 2.15. The van der Waals surface area contributed by atoms with Gasteiger partial charge in [0.1, 0.15) is 5.70 Å². The molecule has 0 saturated carbocycles. The van der Waals surface area contributed by atoms with E-state index in [1.54, 1.807) is 25.3 Å². The van der Waals surface area contributed by atoms with E-state index in [2.05, 4.69) is 10.6 Å². The Morgan fingerprint density at radius 2 is 2.00 bits per heavy atom. The van der Waals surface area contributed by atoms with Crippen molar-refractivity contribution in [1.82, 2.24) is 10.6 Å². The van der Waals surface area contributed by atoms with Crippen LogP contribution in [0, 0.1) is 6.92 Å². The molecule has 0 unspecified atom stereocenters. The molecular weight excluding hydrogens is 324 g/mol. The highest BCUT2D eigenvalue weighted by atomic mass is 32.1. The Bertz CT molecular complexity index is 724. The molecule has 0 spiro atoms. The Morgan fingerprint density at radius 3 is 2.67 bits per heavy atom. The van der Waals surface area contributed by atoms with Crippen LogP contribution in [0.2, 0.25) is 0 Å². The van der Waals surface area contributed by atoms with Gasteiger partial charge in [0.2, 0.25) is 0 Å². The van der Waals surface area contributed by atoms with Crippen LogP contribution in [0.25, 0.3) is 6.08 Å². The van der Waals surface area contributed by atoms with Crippen molar-refractivity contribution in [1.29, 1.82) is 0 Å². The molecule has 1 aromatic heterocycles. The Kier molecular flexibility index (Phi) is 6.72. The van der Waals surface area contributed by atoms with Crippen molar-refractivity contribution in [3.63, 3.8) is 0 Å². The number of rotatable bonds is 7. The fourth-order valence-corrected chi connectivity index (χ4v) is 2.71. The van der Waals surface area contributed by atoms with Crippen molar-refractivity contribution >= 4 is 29.2 Å². The van der Waals surface area contributed by atoms with Gasteiger partial charge in [-0.2, -0.15) is 0 Å². The largest absolute Gasteiger partial charge is 0.383 e. The van der Waals surface area contributed by atoms with E-state index >= 15 is 0 Å². The van der Waals surface area contributed by atoms with Crippen LogP contribution < -0.4 is 10.6 Å². The van der Waals surface area contributed by atoms with Gasteiger partial charge in [-0.3, -0.25) is 9.59 Å². The number of nitrogens with one attached hydrogen (secondary N) is 2. The number of methoxy groups -OCH3 is 1. The summed E-state index contributed by atoms with van der Waals surface area (Å²) in [6, 6.07) is 11.0. The number of carbonyl (C=O) groups excluding carboxylic acids is 2. The Balaban J connectivity index is 2.18. The number of hydrogen-bond donors (Lipinski definition) is 2. The van der Waals surface area contributed by atoms with E-state index in [4.69, 9.17) is 4.74 Å². The molecule has 126 valence electrons. The summed E-state index contributed by atoms with van der Waals surface area (Å²) < 4.78 is 4.92. The third-order valence-electron chi connectivity index (χ3n) is 3.30. The number of ether oxygens (including phenoxy) is 1. The van der Waals surface area contributed by atoms with E-state index in [1.165, 1.54) is 11.3 Å². The van der Waals surface area contributed by atoms with Crippen molar-refractivity contribution in [2.24, 2.45) is 0 Å². The molecule has 1 heterocycles. The molecule has 2 amide bonds. The quantitative estimate of drug-likeness (QED) is 0.599. The lowest BCUT2D eigenvalue weighted by atomic mass is 10.1. The summed E-state index contributed by atoms with van der Waals surface area (Å²) in [5.74, 6) is -0.653. The van der Waals surface area contributed by atoms with Crippen LogP contribution in [0.1, 0.15) is 20.8 Å². The van der Waals surface area contributed by atoms with Crippen LogP contribution in [-0.4, -0.2) is 32.1 Å². The molecule has 0 atom stereocenters. The Morgan fingerprint density at radius 1 is 1.21 bits per heavy atom. The SMILES string of the molecule is COCCNC(=O)/C(=C/c1cccs1)NC(=O)c1ccccc1C. The van der Waals surface area contributed by atoms with Crippen molar-refractivity contribution in [3.8, 4) is 0 Å². The first-order valence-electron chi connectivity index (χ1n) is 7.51. The second-order valence-corrected chi connectivity index (χ2v) is 6.07. The summed E-state index contributed by atoms with van der Waals surface area (Å²) in [6.07, 6.45) is 1.67. The predicted molar refractivity (Wildman–Crippen MR) is 95.8 cm³/mol. The van der Waals surface area contributed by atoms with E-state index in [-0.39, 0.29) is 17.5 Å². The van der Waals surface area contributed by atoms with Crippen LogP contribution in [0.3, 0.4) is 0 Å². The fourth-order valence-electron chi connectivity index (χ4n) is 2.05. The van der Waals surface area contributed by atoms with Gasteiger partial charge in [-0.05, 0) is 36.1 Å². The maximum absolute atomic E-state index is 12.5. The lowest BCUT2D eigenvalue weighted by Crippen LogP contribution is -2.36. The second-order valence-electron chi connectivity index (χ2n) is 5.09. The third-order valence-corrected chi connectivity index (χ3v) is 4.12. The number of hydrogen-bond acceptors (Lipinski definition) is 4. The average Bonchev–Trinajstić information content (AvgIpc) is 3.07. The maximum atomic E-state index is 12.5. The summed E-state index contributed by atoms with van der Waals surface area (Å²) >= 11 is 1.49. The zero-order valence-electron chi connectivity index (χ0n) is 13.7. The number of carbonyl (C=O) groups is 2. The first-order valence-corrected chi connectivity index (χ1v) is 8.39. The van der Waals surface area contributed by atoms with Crippen LogP contribution in [0.5, 0.6) is 0 Å². The summed E-state index contributed by atoms with van der Waals surface area (Å²) in [7, 11) is 1.56. The molecular formula is C18H20N2O3S. The molecule has 1 aromatic carbocycles. The second kappa shape index (κ2) is 9.00. The number of thiophene rings is 1. The molecule has 0 fully saturated rings. The van der Waals surface area contributed by atoms with Gasteiger partial charge in [-0.25, -0.2) is 0 Å². The first kappa shape index (κ1) is 17.9. The monoisotopic (exact) mass is 344 g/mol. The average molecular weight is 344 g/mol. The van der Waals surface area contributed by atoms with Gasteiger partial charge in [0.05, 0.1) is 6.61 Å². The molecule has 0 saturated heterocycles. The third kappa shape index (κ3) is 5.04. The van der Waals surface area contributed by atoms with E-state index in [0.29, 0.717) is 18.7 Å². The summed E-state index contributed by atoms with van der Waals surface area (Å²) in [6.45, 7) is 2.64. The molecule has 0 aliphatic carbocycles. The van der Waals surface area contributed by atoms with Gasteiger partial charge in [-0.15, -0.1) is 11.3 Å². The minimum Gasteiger partial charge on any atom is -0.383 e. The van der Waals surface area contributed by atoms with Gasteiger partial charge >= 0.3 is 0 Å². The lowest BCUT2D eigenvalue weighted by molar-refractivity contribution is -0.117. The van der Waals surface area contributed by atoms with Gasteiger partial charge in [-0.1, -0.05) is 24.3 Å². The minimum absolute atomic E-state index is 0.210. The zero-order chi connectivity index (χ0) is 17.4. The van der Waals surface area contributed by atoms with Gasteiger partial charge in [0.15, 0.2) is 0 Å². The van der Waals surface area contributed by atoms with Crippen LogP contribution >= 0.6 is 11.3 Å². The highest BCUT2D eigenvalue weighted by Crippen LogP contribution is 2.14. The van der Waals surface area contributed by atoms with Crippen molar-refractivity contribution in [2.45, 2.75) is 6.92 Å². The van der Waals surface area contributed by atoms with E-state index in [9.17, 15) is 9.59 Å². The standard InChI is InChI=1S/C18H20N2O3S/c1-13-6-3-4-8-15(13)17(21)20-16(12-14-7-5-11-24-14)18(22)19-9-10-23-2/h3-8,11-12H,9-10H2,1-2H3,(H,19,22)(H,20,21)/b16-12-.